The van der Waals surface area contributed by atoms with Crippen molar-refractivity contribution in [3.8, 4) is 0 Å². The lowest BCUT2D eigenvalue weighted by Gasteiger charge is -2.04. The largest absolute Gasteiger partial charge is 0.478 e. The molecular formula is C12H14N4O3. The topological polar surface area (TPSA) is 101 Å². The van der Waals surface area contributed by atoms with E-state index < -0.39 is 5.97 Å². The van der Waals surface area contributed by atoms with Crippen molar-refractivity contribution in [1.82, 2.24) is 15.0 Å². The van der Waals surface area contributed by atoms with Crippen LogP contribution < -0.4 is 5.32 Å². The van der Waals surface area contributed by atoms with Crippen molar-refractivity contribution >= 4 is 11.9 Å². The van der Waals surface area contributed by atoms with E-state index in [0.717, 1.165) is 11.5 Å². The number of oxazole rings is 1. The normalized spacial score (nSPS) is 10.5. The van der Waals surface area contributed by atoms with Crippen LogP contribution in [0.1, 0.15) is 33.4 Å². The maximum absolute atomic E-state index is 10.8. The fraction of sp³-hybridized carbons (Fsp3) is 0.333. The predicted molar refractivity (Wildman–Crippen MR) is 67.0 cm³/mol. The molecule has 0 aromatic carbocycles. The molecule has 19 heavy (non-hydrogen) atoms. The molecule has 7 heteroatoms. The van der Waals surface area contributed by atoms with Crippen molar-refractivity contribution in [2.24, 2.45) is 0 Å². The molecule has 0 saturated heterocycles. The summed E-state index contributed by atoms with van der Waals surface area (Å²) in [6.45, 7) is 5.68. The first-order valence-corrected chi connectivity index (χ1v) is 5.71. The van der Waals surface area contributed by atoms with Gasteiger partial charge in [-0.15, -0.1) is 0 Å². The van der Waals surface area contributed by atoms with Gasteiger partial charge in [-0.2, -0.15) is 0 Å². The molecule has 2 heterocycles. The Balaban J connectivity index is 2.08. The highest BCUT2D eigenvalue weighted by Crippen LogP contribution is 2.11. The summed E-state index contributed by atoms with van der Waals surface area (Å²) in [6, 6.07) is 0. The molecule has 100 valence electrons. The molecule has 0 unspecified atom stereocenters. The van der Waals surface area contributed by atoms with Crippen LogP contribution >= 0.6 is 0 Å². The van der Waals surface area contributed by atoms with Gasteiger partial charge in [0.05, 0.1) is 23.5 Å². The molecule has 2 aromatic heterocycles. The van der Waals surface area contributed by atoms with E-state index >= 15 is 0 Å². The Morgan fingerprint density at radius 1 is 1.32 bits per heavy atom. The van der Waals surface area contributed by atoms with Crippen LogP contribution in [0.5, 0.6) is 0 Å². The van der Waals surface area contributed by atoms with E-state index in [1.165, 1.54) is 6.20 Å². The van der Waals surface area contributed by atoms with Crippen LogP contribution in [0.25, 0.3) is 0 Å². The van der Waals surface area contributed by atoms with Gasteiger partial charge in [0.25, 0.3) is 0 Å². The first-order valence-electron chi connectivity index (χ1n) is 5.71. The Hall–Kier alpha value is -2.44. The minimum Gasteiger partial charge on any atom is -0.478 e. The minimum atomic E-state index is -1.04. The number of anilines is 1. The van der Waals surface area contributed by atoms with E-state index in [2.05, 4.69) is 20.3 Å². The third-order valence-corrected chi connectivity index (χ3v) is 2.68. The molecule has 2 N–H and O–H groups in total. The molecule has 0 spiro atoms. The number of aryl methyl sites for hydroxylation is 3. The van der Waals surface area contributed by atoms with Gasteiger partial charge >= 0.3 is 5.97 Å². The number of carbonyl (C=O) groups is 1. The fourth-order valence-electron chi connectivity index (χ4n) is 1.53. The smallest absolute Gasteiger partial charge is 0.339 e. The van der Waals surface area contributed by atoms with Crippen molar-refractivity contribution < 1.29 is 14.3 Å². The third-order valence-electron chi connectivity index (χ3n) is 2.68. The summed E-state index contributed by atoms with van der Waals surface area (Å²) in [6.07, 6.45) is 1.28. The first-order chi connectivity index (χ1) is 8.97. The summed E-state index contributed by atoms with van der Waals surface area (Å²) in [5.41, 5.74) is 1.34. The Bertz CT molecular complexity index is 602. The maximum atomic E-state index is 10.8. The van der Waals surface area contributed by atoms with E-state index in [-0.39, 0.29) is 5.56 Å². The molecular weight excluding hydrogens is 248 g/mol. The van der Waals surface area contributed by atoms with Gasteiger partial charge in [-0.25, -0.2) is 19.7 Å². The summed E-state index contributed by atoms with van der Waals surface area (Å²) in [5, 5.41) is 11.8. The van der Waals surface area contributed by atoms with Gasteiger partial charge < -0.3 is 14.8 Å². The molecule has 0 saturated carbocycles. The molecule has 0 fully saturated rings. The lowest BCUT2D eigenvalue weighted by Crippen LogP contribution is -2.08. The number of nitrogens with zero attached hydrogens (tertiary/aromatic N) is 3. The summed E-state index contributed by atoms with van der Waals surface area (Å²) in [5.74, 6) is 0.618. The van der Waals surface area contributed by atoms with Gasteiger partial charge in [-0.05, 0) is 20.8 Å². The number of hydrogen-bond acceptors (Lipinski definition) is 6. The van der Waals surface area contributed by atoms with Crippen LogP contribution in [-0.2, 0) is 6.54 Å². The van der Waals surface area contributed by atoms with Gasteiger partial charge in [-0.3, -0.25) is 0 Å². The number of carboxylic acid groups (broad SMARTS) is 1. The molecule has 2 rings (SSSR count). The van der Waals surface area contributed by atoms with E-state index in [9.17, 15) is 4.79 Å². The molecule has 7 nitrogen and oxygen atoms in total. The second-order valence-corrected chi connectivity index (χ2v) is 4.10. The van der Waals surface area contributed by atoms with Gasteiger partial charge in [0.15, 0.2) is 0 Å². The molecule has 0 aliphatic rings. The predicted octanol–water partition coefficient (Wildman–Crippen LogP) is 1.70. The molecule has 0 atom stereocenters. The average Bonchev–Trinajstić information content (AvgIpc) is 2.66. The van der Waals surface area contributed by atoms with E-state index in [1.54, 1.807) is 6.92 Å². The third kappa shape index (κ3) is 2.87. The Morgan fingerprint density at radius 3 is 2.58 bits per heavy atom. The van der Waals surface area contributed by atoms with Gasteiger partial charge in [0, 0.05) is 6.20 Å². The van der Waals surface area contributed by atoms with Crippen LogP contribution in [0.3, 0.4) is 0 Å². The fourth-order valence-corrected chi connectivity index (χ4v) is 1.53. The van der Waals surface area contributed by atoms with Crippen LogP contribution in [-0.4, -0.2) is 26.0 Å². The molecule has 0 bridgehead atoms. The van der Waals surface area contributed by atoms with E-state index in [1.807, 2.05) is 13.8 Å². The number of rotatable bonds is 4. The second-order valence-electron chi connectivity index (χ2n) is 4.10. The number of nitrogens with one attached hydrogen (secondary N) is 1. The molecule has 0 aliphatic heterocycles. The number of aromatic nitrogens is 3. The monoisotopic (exact) mass is 262 g/mol. The Labute approximate surface area is 109 Å². The van der Waals surface area contributed by atoms with Crippen molar-refractivity contribution in [1.29, 1.82) is 0 Å². The summed E-state index contributed by atoms with van der Waals surface area (Å²) < 4.78 is 5.40. The highest BCUT2D eigenvalue weighted by atomic mass is 16.4. The van der Waals surface area contributed by atoms with Gasteiger partial charge in [0.1, 0.15) is 5.76 Å². The zero-order valence-corrected chi connectivity index (χ0v) is 10.9. The lowest BCUT2D eigenvalue weighted by atomic mass is 10.2. The van der Waals surface area contributed by atoms with Crippen molar-refractivity contribution in [3.05, 3.63) is 34.8 Å². The molecule has 0 aliphatic carbocycles. The quantitative estimate of drug-likeness (QED) is 0.864. The van der Waals surface area contributed by atoms with Crippen LogP contribution in [0.15, 0.2) is 10.6 Å². The minimum absolute atomic E-state index is 0.0911. The van der Waals surface area contributed by atoms with Crippen LogP contribution in [0, 0.1) is 20.8 Å². The van der Waals surface area contributed by atoms with Crippen molar-refractivity contribution in [2.45, 2.75) is 27.3 Å². The molecule has 0 amide bonds. The Morgan fingerprint density at radius 2 is 2.05 bits per heavy atom. The van der Waals surface area contributed by atoms with E-state index in [0.29, 0.717) is 24.1 Å². The summed E-state index contributed by atoms with van der Waals surface area (Å²) >= 11 is 0. The van der Waals surface area contributed by atoms with Gasteiger partial charge in [-0.1, -0.05) is 0 Å². The number of aromatic carboxylic acids is 1. The summed E-state index contributed by atoms with van der Waals surface area (Å²) in [4.78, 5) is 23.0. The second kappa shape index (κ2) is 5.05. The van der Waals surface area contributed by atoms with Crippen molar-refractivity contribution in [2.75, 3.05) is 5.32 Å². The van der Waals surface area contributed by atoms with Crippen LogP contribution in [0.2, 0.25) is 0 Å². The zero-order chi connectivity index (χ0) is 14.0. The lowest BCUT2D eigenvalue weighted by molar-refractivity contribution is 0.0695. The maximum Gasteiger partial charge on any atom is 0.339 e. The highest BCUT2D eigenvalue weighted by Gasteiger charge is 2.10. The zero-order valence-electron chi connectivity index (χ0n) is 10.9. The van der Waals surface area contributed by atoms with Gasteiger partial charge in [0.2, 0.25) is 11.8 Å². The van der Waals surface area contributed by atoms with Crippen LogP contribution in [0.4, 0.5) is 5.95 Å². The SMILES string of the molecule is Cc1nc(NCc2nc(C)c(C)o2)ncc1C(=O)O. The standard InChI is InChI=1S/C12H14N4O3/c1-6-8(3)19-10(15-6)5-14-12-13-4-9(11(17)18)7(2)16-12/h4H,5H2,1-3H3,(H,17,18)(H,13,14,16). The number of carboxylic acids is 1. The molecule has 0 radical (unpaired) electrons. The molecule has 2 aromatic rings. The summed E-state index contributed by atoms with van der Waals surface area (Å²) in [7, 11) is 0. The van der Waals surface area contributed by atoms with Crippen molar-refractivity contribution in [3.63, 3.8) is 0 Å². The Kier molecular flexibility index (Phi) is 3.46. The number of hydrogen-bond donors (Lipinski definition) is 2. The highest BCUT2D eigenvalue weighted by molar-refractivity contribution is 5.88. The first kappa shape index (κ1) is 13.0. The average molecular weight is 262 g/mol. The van der Waals surface area contributed by atoms with E-state index in [4.69, 9.17) is 9.52 Å².